The molecule has 1 aliphatic rings. The van der Waals surface area contributed by atoms with Crippen molar-refractivity contribution in [2.75, 3.05) is 7.11 Å². The summed E-state index contributed by atoms with van der Waals surface area (Å²) in [6.07, 6.45) is -12.4. The minimum Gasteiger partial charge on any atom is -0.496 e. The van der Waals surface area contributed by atoms with Gasteiger partial charge < -0.3 is 9.47 Å². The Morgan fingerprint density at radius 2 is 1.56 bits per heavy atom. The number of carbonyl (C=O) groups is 1. The first-order chi connectivity index (χ1) is 21.0. The number of ether oxygens (including phenoxy) is 2. The highest BCUT2D eigenvalue weighted by Crippen LogP contribution is 2.43. The van der Waals surface area contributed by atoms with E-state index in [0.717, 1.165) is 16.3 Å². The van der Waals surface area contributed by atoms with Crippen LogP contribution in [0.4, 0.5) is 35.5 Å². The minimum absolute atomic E-state index is 0.0353. The quantitative estimate of drug-likeness (QED) is 0.198. The predicted molar refractivity (Wildman–Crippen MR) is 155 cm³/mol. The van der Waals surface area contributed by atoms with Crippen LogP contribution in [0.25, 0.3) is 21.9 Å². The molecule has 0 bridgehead atoms. The van der Waals surface area contributed by atoms with Gasteiger partial charge in [-0.3, -0.25) is 4.90 Å². The standard InChI is InChI=1S/C34H30F7NO3/c1-17(2)25-13-28(30(44-5)15-29(25)35)27-14-26-18(3)7-6-8-20(26)9-22(27)16-42-19(4)31(45-32(42)43)21-10-23(33(36,37)38)12-24(11-21)34(39,40)41/h6-15,17,19,31H,16H2,1-5H3/t19-,31-/m0/s1. The third-order valence-corrected chi connectivity index (χ3v) is 8.22. The number of amides is 1. The average Bonchev–Trinajstić information content (AvgIpc) is 3.24. The van der Waals surface area contributed by atoms with Crippen molar-refractivity contribution >= 4 is 16.9 Å². The van der Waals surface area contributed by atoms with Gasteiger partial charge in [-0.1, -0.05) is 32.0 Å². The lowest BCUT2D eigenvalue weighted by Gasteiger charge is -2.24. The van der Waals surface area contributed by atoms with Crippen LogP contribution in [0.2, 0.25) is 0 Å². The van der Waals surface area contributed by atoms with Crippen molar-refractivity contribution in [3.63, 3.8) is 0 Å². The fraction of sp³-hybridized carbons (Fsp3) is 0.324. The maximum Gasteiger partial charge on any atom is 0.416 e. The molecule has 1 amide bonds. The van der Waals surface area contributed by atoms with Gasteiger partial charge in [-0.2, -0.15) is 26.3 Å². The van der Waals surface area contributed by atoms with E-state index in [-0.39, 0.29) is 24.3 Å². The highest BCUT2D eigenvalue weighted by Gasteiger charge is 2.43. The summed E-state index contributed by atoms with van der Waals surface area (Å²) in [4.78, 5) is 14.5. The molecule has 1 saturated heterocycles. The predicted octanol–water partition coefficient (Wildman–Crippen LogP) is 10.2. The molecule has 0 aromatic heterocycles. The molecule has 4 aromatic rings. The van der Waals surface area contributed by atoms with Crippen molar-refractivity contribution in [1.29, 1.82) is 0 Å². The Balaban J connectivity index is 1.62. The van der Waals surface area contributed by atoms with Gasteiger partial charge in [-0.15, -0.1) is 0 Å². The molecule has 11 heteroatoms. The maximum absolute atomic E-state index is 14.9. The van der Waals surface area contributed by atoms with Gasteiger partial charge in [0.1, 0.15) is 17.7 Å². The Morgan fingerprint density at radius 3 is 2.13 bits per heavy atom. The Bertz CT molecular complexity index is 1750. The second kappa shape index (κ2) is 11.6. The van der Waals surface area contributed by atoms with Gasteiger partial charge in [0.2, 0.25) is 0 Å². The number of carbonyl (C=O) groups excluding carboxylic acids is 1. The molecule has 1 heterocycles. The van der Waals surface area contributed by atoms with Crippen LogP contribution in [0.1, 0.15) is 66.2 Å². The molecule has 0 spiro atoms. The van der Waals surface area contributed by atoms with Crippen molar-refractivity contribution in [2.45, 2.75) is 64.7 Å². The first kappa shape index (κ1) is 32.1. The Hall–Kier alpha value is -4.28. The third kappa shape index (κ3) is 6.17. The molecule has 1 aliphatic heterocycles. The summed E-state index contributed by atoms with van der Waals surface area (Å²) in [6, 6.07) is 12.7. The first-order valence-corrected chi connectivity index (χ1v) is 14.2. The number of nitrogens with zero attached hydrogens (tertiary/aromatic N) is 1. The lowest BCUT2D eigenvalue weighted by Crippen LogP contribution is -2.31. The van der Waals surface area contributed by atoms with E-state index in [4.69, 9.17) is 9.47 Å². The molecular formula is C34H30F7NO3. The average molecular weight is 634 g/mol. The zero-order chi connectivity index (χ0) is 33.0. The number of aryl methyl sites for hydroxylation is 1. The summed E-state index contributed by atoms with van der Waals surface area (Å²) in [5.41, 5.74) is -0.222. The van der Waals surface area contributed by atoms with Gasteiger partial charge in [-0.05, 0) is 94.8 Å². The van der Waals surface area contributed by atoms with Crippen LogP contribution in [-0.4, -0.2) is 24.1 Å². The molecule has 0 aliphatic carbocycles. The first-order valence-electron chi connectivity index (χ1n) is 14.2. The van der Waals surface area contributed by atoms with Gasteiger partial charge in [0.05, 0.1) is 30.8 Å². The van der Waals surface area contributed by atoms with E-state index in [9.17, 15) is 35.5 Å². The summed E-state index contributed by atoms with van der Waals surface area (Å²) in [7, 11) is 1.41. The van der Waals surface area contributed by atoms with Crippen molar-refractivity contribution in [3.05, 3.63) is 99.9 Å². The number of rotatable bonds is 6. The number of benzene rings is 4. The van der Waals surface area contributed by atoms with Crippen LogP contribution in [-0.2, 0) is 23.6 Å². The van der Waals surface area contributed by atoms with E-state index in [0.29, 0.717) is 34.4 Å². The van der Waals surface area contributed by atoms with Crippen molar-refractivity contribution < 1.29 is 45.0 Å². The van der Waals surface area contributed by atoms with Gasteiger partial charge in [0.15, 0.2) is 0 Å². The largest absolute Gasteiger partial charge is 0.496 e. The van der Waals surface area contributed by atoms with Crippen LogP contribution in [0.3, 0.4) is 0 Å². The van der Waals surface area contributed by atoms with Gasteiger partial charge in [0, 0.05) is 11.6 Å². The van der Waals surface area contributed by atoms with Crippen LogP contribution < -0.4 is 4.74 Å². The molecule has 0 unspecified atom stereocenters. The minimum atomic E-state index is -5.05. The molecule has 5 rings (SSSR count). The Labute approximate surface area is 255 Å². The Kier molecular flexibility index (Phi) is 8.26. The van der Waals surface area contributed by atoms with Crippen LogP contribution in [0.5, 0.6) is 5.75 Å². The molecule has 0 radical (unpaired) electrons. The zero-order valence-electron chi connectivity index (χ0n) is 25.0. The number of hydrogen-bond acceptors (Lipinski definition) is 3. The van der Waals surface area contributed by atoms with Crippen LogP contribution in [0.15, 0.2) is 60.7 Å². The highest BCUT2D eigenvalue weighted by atomic mass is 19.4. The van der Waals surface area contributed by atoms with Crippen molar-refractivity contribution in [1.82, 2.24) is 4.90 Å². The highest BCUT2D eigenvalue weighted by molar-refractivity contribution is 5.92. The van der Waals surface area contributed by atoms with E-state index in [1.54, 1.807) is 6.07 Å². The SMILES string of the molecule is COc1cc(F)c(C(C)C)cc1-c1cc2c(C)cccc2cc1CN1C(=O)O[C@H](c2cc(C(F)(F)F)cc(C(F)(F)F)c2)[C@@H]1C. The summed E-state index contributed by atoms with van der Waals surface area (Å²) in [6.45, 7) is 7.03. The van der Waals surface area contributed by atoms with Crippen LogP contribution >= 0.6 is 0 Å². The van der Waals surface area contributed by atoms with Gasteiger partial charge in [-0.25, -0.2) is 9.18 Å². The molecule has 45 heavy (non-hydrogen) atoms. The smallest absolute Gasteiger partial charge is 0.416 e. The van der Waals surface area contributed by atoms with Crippen LogP contribution in [0, 0.1) is 12.7 Å². The molecule has 1 fully saturated rings. The number of hydrogen-bond donors (Lipinski definition) is 0. The molecule has 4 nitrogen and oxygen atoms in total. The Morgan fingerprint density at radius 1 is 0.911 bits per heavy atom. The topological polar surface area (TPSA) is 38.8 Å². The van der Waals surface area contributed by atoms with Gasteiger partial charge in [0.25, 0.3) is 0 Å². The molecule has 0 saturated carbocycles. The second-order valence-corrected chi connectivity index (χ2v) is 11.5. The molecule has 238 valence electrons. The lowest BCUT2D eigenvalue weighted by atomic mass is 9.90. The fourth-order valence-electron chi connectivity index (χ4n) is 5.79. The summed E-state index contributed by atoms with van der Waals surface area (Å²) in [5, 5.41) is 1.73. The maximum atomic E-state index is 14.9. The van der Waals surface area contributed by atoms with Gasteiger partial charge >= 0.3 is 18.4 Å². The molecule has 2 atom stereocenters. The number of methoxy groups -OCH3 is 1. The van der Waals surface area contributed by atoms with Crippen molar-refractivity contribution in [2.24, 2.45) is 0 Å². The number of alkyl halides is 6. The summed E-state index contributed by atoms with van der Waals surface area (Å²) >= 11 is 0. The van der Waals surface area contributed by atoms with E-state index >= 15 is 0 Å². The summed E-state index contributed by atoms with van der Waals surface area (Å²) in [5.74, 6) is -0.351. The lowest BCUT2D eigenvalue weighted by molar-refractivity contribution is -0.143. The van der Waals surface area contributed by atoms with E-state index in [1.807, 2.05) is 51.1 Å². The van der Waals surface area contributed by atoms with Crippen molar-refractivity contribution in [3.8, 4) is 16.9 Å². The monoisotopic (exact) mass is 633 g/mol. The second-order valence-electron chi connectivity index (χ2n) is 11.5. The molecule has 0 N–H and O–H groups in total. The summed E-state index contributed by atoms with van der Waals surface area (Å²) < 4.78 is 107. The normalized spacial score (nSPS) is 17.4. The number of fused-ring (bicyclic) bond motifs is 1. The zero-order valence-corrected chi connectivity index (χ0v) is 25.0. The number of cyclic esters (lactones) is 1. The third-order valence-electron chi connectivity index (χ3n) is 8.22. The molecule has 4 aromatic carbocycles. The number of halogens is 7. The van der Waals surface area contributed by atoms with E-state index < -0.39 is 53.1 Å². The molecular weight excluding hydrogens is 603 g/mol. The fourth-order valence-corrected chi connectivity index (χ4v) is 5.79. The van der Waals surface area contributed by atoms with E-state index in [2.05, 4.69) is 0 Å². The van der Waals surface area contributed by atoms with E-state index in [1.165, 1.54) is 25.0 Å².